The van der Waals surface area contributed by atoms with Crippen LogP contribution in [0.5, 0.6) is 0 Å². The van der Waals surface area contributed by atoms with E-state index in [4.69, 9.17) is 10.5 Å². The monoisotopic (exact) mass is 255 g/mol. The summed E-state index contributed by atoms with van der Waals surface area (Å²) in [6.45, 7) is 3.85. The number of allylic oxidation sites excluding steroid dienone is 1. The summed E-state index contributed by atoms with van der Waals surface area (Å²) in [5.41, 5.74) is 0.561. The highest BCUT2D eigenvalue weighted by molar-refractivity contribution is 5.57. The fourth-order valence-electron chi connectivity index (χ4n) is 1.89. The van der Waals surface area contributed by atoms with Crippen LogP contribution in [0.3, 0.4) is 0 Å². The van der Waals surface area contributed by atoms with Crippen LogP contribution in [-0.2, 0) is 5.60 Å². The quantitative estimate of drug-likeness (QED) is 0.792. The van der Waals surface area contributed by atoms with E-state index in [2.05, 4.69) is 5.32 Å². The van der Waals surface area contributed by atoms with Gasteiger partial charge < -0.3 is 10.4 Å². The van der Waals surface area contributed by atoms with Gasteiger partial charge in [0.05, 0.1) is 5.60 Å². The van der Waals surface area contributed by atoms with Crippen molar-refractivity contribution in [2.24, 2.45) is 0 Å². The van der Waals surface area contributed by atoms with Crippen molar-refractivity contribution in [3.8, 4) is 12.1 Å². The lowest BCUT2D eigenvalue weighted by atomic mass is 9.87. The molecule has 1 rings (SSSR count). The van der Waals surface area contributed by atoms with E-state index in [1.54, 1.807) is 12.1 Å². The van der Waals surface area contributed by atoms with Crippen LogP contribution in [0.1, 0.15) is 32.3 Å². The number of nitrogens with zero attached hydrogens (tertiary/aromatic N) is 2. The molecule has 0 fully saturated rings. The van der Waals surface area contributed by atoms with E-state index in [9.17, 15) is 5.11 Å². The molecule has 0 spiro atoms. The molecular weight excluding hydrogens is 238 g/mol. The summed E-state index contributed by atoms with van der Waals surface area (Å²) < 4.78 is 0. The molecular formula is C15H17N3O. The summed E-state index contributed by atoms with van der Waals surface area (Å²) in [6.07, 6.45) is 2.54. The fraction of sp³-hybridized carbons (Fsp3) is 0.333. The second kappa shape index (κ2) is 6.58. The second-order valence-corrected chi connectivity index (χ2v) is 4.21. The Balaban J connectivity index is 3.15. The minimum absolute atomic E-state index is 0.00802. The number of nitriles is 2. The number of benzene rings is 1. The zero-order valence-corrected chi connectivity index (χ0v) is 11.1. The first-order chi connectivity index (χ1) is 9.11. The molecule has 19 heavy (non-hydrogen) atoms. The van der Waals surface area contributed by atoms with Gasteiger partial charge in [0.25, 0.3) is 0 Å². The van der Waals surface area contributed by atoms with Crippen LogP contribution in [0.25, 0.3) is 0 Å². The van der Waals surface area contributed by atoms with Crippen molar-refractivity contribution in [1.29, 1.82) is 10.5 Å². The maximum atomic E-state index is 10.6. The molecule has 4 heteroatoms. The van der Waals surface area contributed by atoms with Gasteiger partial charge in [-0.25, -0.2) is 0 Å². The summed E-state index contributed by atoms with van der Waals surface area (Å²) >= 11 is 0. The van der Waals surface area contributed by atoms with Gasteiger partial charge in [-0.1, -0.05) is 32.0 Å². The Morgan fingerprint density at radius 2 is 1.84 bits per heavy atom. The van der Waals surface area contributed by atoms with Gasteiger partial charge in [-0.2, -0.15) is 10.5 Å². The van der Waals surface area contributed by atoms with Gasteiger partial charge in [0.2, 0.25) is 0 Å². The first-order valence-electron chi connectivity index (χ1n) is 6.20. The van der Waals surface area contributed by atoms with Crippen molar-refractivity contribution >= 4 is 5.69 Å². The maximum absolute atomic E-state index is 10.6. The summed E-state index contributed by atoms with van der Waals surface area (Å²) in [6, 6.07) is 10.9. The largest absolute Gasteiger partial charge is 0.385 e. The maximum Gasteiger partial charge on any atom is 0.145 e. The van der Waals surface area contributed by atoms with Crippen molar-refractivity contribution in [3.63, 3.8) is 0 Å². The van der Waals surface area contributed by atoms with Crippen LogP contribution in [0, 0.1) is 22.7 Å². The first-order valence-corrected chi connectivity index (χ1v) is 6.20. The number of hydrogen-bond donors (Lipinski definition) is 2. The first kappa shape index (κ1) is 14.8. The molecule has 0 atom stereocenters. The molecule has 0 aliphatic carbocycles. The van der Waals surface area contributed by atoms with Crippen LogP contribution < -0.4 is 5.32 Å². The molecule has 1 aromatic rings. The molecule has 0 bridgehead atoms. The van der Waals surface area contributed by atoms with E-state index in [1.165, 1.54) is 6.20 Å². The van der Waals surface area contributed by atoms with E-state index in [1.807, 2.05) is 38.1 Å². The summed E-state index contributed by atoms with van der Waals surface area (Å²) in [5.74, 6) is 0. The molecule has 0 heterocycles. The smallest absolute Gasteiger partial charge is 0.145 e. The fourth-order valence-corrected chi connectivity index (χ4v) is 1.89. The summed E-state index contributed by atoms with van der Waals surface area (Å²) in [7, 11) is 0. The molecule has 0 aromatic heterocycles. The third-order valence-electron chi connectivity index (χ3n) is 3.21. The normalized spacial score (nSPS) is 10.2. The standard InChI is InChI=1S/C15H17N3O/c1-3-15(19,4-2)13-7-5-6-8-14(13)18-11-12(9-16)10-17/h5-8,11,18-19H,3-4H2,1-2H3. The second-order valence-electron chi connectivity index (χ2n) is 4.21. The number of hydrogen-bond acceptors (Lipinski definition) is 4. The zero-order chi connectivity index (χ0) is 14.3. The Kier molecular flexibility index (Phi) is 5.11. The third kappa shape index (κ3) is 3.34. The predicted molar refractivity (Wildman–Crippen MR) is 73.9 cm³/mol. The summed E-state index contributed by atoms with van der Waals surface area (Å²) in [5, 5.41) is 30.9. The average Bonchev–Trinajstić information content (AvgIpc) is 2.48. The molecule has 0 saturated carbocycles. The molecule has 0 unspecified atom stereocenters. The lowest BCUT2D eigenvalue weighted by molar-refractivity contribution is 0.0291. The van der Waals surface area contributed by atoms with E-state index in [0.717, 1.165) is 5.56 Å². The Bertz CT molecular complexity index is 529. The molecule has 0 radical (unpaired) electrons. The van der Waals surface area contributed by atoms with Gasteiger partial charge in [0.1, 0.15) is 17.7 Å². The molecule has 2 N–H and O–H groups in total. The average molecular weight is 255 g/mol. The highest BCUT2D eigenvalue weighted by atomic mass is 16.3. The third-order valence-corrected chi connectivity index (χ3v) is 3.21. The molecule has 1 aromatic carbocycles. The van der Waals surface area contributed by atoms with Crippen LogP contribution in [0.2, 0.25) is 0 Å². The van der Waals surface area contributed by atoms with Crippen LogP contribution in [0.15, 0.2) is 36.0 Å². The Morgan fingerprint density at radius 1 is 1.26 bits per heavy atom. The van der Waals surface area contributed by atoms with E-state index >= 15 is 0 Å². The molecule has 4 nitrogen and oxygen atoms in total. The van der Waals surface area contributed by atoms with Crippen LogP contribution in [-0.4, -0.2) is 5.11 Å². The van der Waals surface area contributed by atoms with Gasteiger partial charge in [-0.3, -0.25) is 0 Å². The lowest BCUT2D eigenvalue weighted by Gasteiger charge is -2.28. The van der Waals surface area contributed by atoms with Gasteiger partial charge in [-0.15, -0.1) is 0 Å². The van der Waals surface area contributed by atoms with E-state index < -0.39 is 5.60 Å². The van der Waals surface area contributed by atoms with Crippen molar-refractivity contribution in [3.05, 3.63) is 41.6 Å². The molecule has 98 valence electrons. The predicted octanol–water partition coefficient (Wildman–Crippen LogP) is 3.04. The summed E-state index contributed by atoms with van der Waals surface area (Å²) in [4.78, 5) is 0. The minimum atomic E-state index is -0.906. The molecule has 0 saturated heterocycles. The van der Waals surface area contributed by atoms with Gasteiger partial charge in [0.15, 0.2) is 0 Å². The SMILES string of the molecule is CCC(O)(CC)c1ccccc1NC=C(C#N)C#N. The number of para-hydroxylation sites is 1. The van der Waals surface area contributed by atoms with Crippen LogP contribution >= 0.6 is 0 Å². The van der Waals surface area contributed by atoms with Crippen molar-refractivity contribution in [2.75, 3.05) is 5.32 Å². The molecule has 0 aliphatic heterocycles. The Labute approximate surface area is 113 Å². The van der Waals surface area contributed by atoms with Crippen LogP contribution in [0.4, 0.5) is 5.69 Å². The van der Waals surface area contributed by atoms with E-state index in [-0.39, 0.29) is 5.57 Å². The molecule has 0 amide bonds. The van der Waals surface area contributed by atoms with Crippen molar-refractivity contribution in [2.45, 2.75) is 32.3 Å². The number of nitrogens with one attached hydrogen (secondary N) is 1. The minimum Gasteiger partial charge on any atom is -0.385 e. The highest BCUT2D eigenvalue weighted by Gasteiger charge is 2.27. The van der Waals surface area contributed by atoms with E-state index in [0.29, 0.717) is 18.5 Å². The van der Waals surface area contributed by atoms with Gasteiger partial charge >= 0.3 is 0 Å². The Hall–Kier alpha value is -2.30. The van der Waals surface area contributed by atoms with Crippen molar-refractivity contribution in [1.82, 2.24) is 0 Å². The number of rotatable bonds is 5. The van der Waals surface area contributed by atoms with Crippen molar-refractivity contribution < 1.29 is 5.11 Å². The van der Waals surface area contributed by atoms with Gasteiger partial charge in [-0.05, 0) is 18.9 Å². The number of aliphatic hydroxyl groups is 1. The zero-order valence-electron chi connectivity index (χ0n) is 11.1. The topological polar surface area (TPSA) is 79.8 Å². The lowest BCUT2D eigenvalue weighted by Crippen LogP contribution is -2.24. The molecule has 0 aliphatic rings. The Morgan fingerprint density at radius 3 is 2.37 bits per heavy atom. The van der Waals surface area contributed by atoms with Gasteiger partial charge in [0, 0.05) is 17.5 Å². The number of anilines is 1. The highest BCUT2D eigenvalue weighted by Crippen LogP contribution is 2.33.